The fourth-order valence-electron chi connectivity index (χ4n) is 4.84. The lowest BCUT2D eigenvalue weighted by molar-refractivity contribution is -0.384. The Bertz CT molecular complexity index is 1020. The molecule has 2 aromatic rings. The van der Waals surface area contributed by atoms with Gasteiger partial charge in [-0.15, -0.1) is 0 Å². The van der Waals surface area contributed by atoms with Crippen LogP contribution in [-0.2, 0) is 4.79 Å². The third-order valence-electron chi connectivity index (χ3n) is 6.53. The highest BCUT2D eigenvalue weighted by atomic mass is 35.5. The zero-order valence-electron chi connectivity index (χ0n) is 18.3. The number of rotatable bonds is 6. The Kier molecular flexibility index (Phi) is 7.25. The molecule has 1 N–H and O–H groups in total. The number of halogens is 1. The number of benzene rings is 2. The molecule has 1 atom stereocenters. The molecule has 1 saturated carbocycles. The predicted molar refractivity (Wildman–Crippen MR) is 126 cm³/mol. The summed E-state index contributed by atoms with van der Waals surface area (Å²) in [6, 6.07) is 12.7. The van der Waals surface area contributed by atoms with Crippen LogP contribution in [0.15, 0.2) is 48.5 Å². The maximum Gasteiger partial charge on any atom is 0.270 e. The van der Waals surface area contributed by atoms with E-state index in [2.05, 4.69) is 10.2 Å². The number of amides is 2. The van der Waals surface area contributed by atoms with Gasteiger partial charge in [-0.1, -0.05) is 30.5 Å². The predicted octanol–water partition coefficient (Wildman–Crippen LogP) is 4.20. The fraction of sp³-hybridized carbons (Fsp3) is 0.417. The van der Waals surface area contributed by atoms with Crippen LogP contribution >= 0.6 is 11.6 Å². The second kappa shape index (κ2) is 10.3. The van der Waals surface area contributed by atoms with E-state index >= 15 is 0 Å². The van der Waals surface area contributed by atoms with Crippen LogP contribution in [0.3, 0.4) is 0 Å². The Labute approximate surface area is 197 Å². The molecule has 9 heteroatoms. The summed E-state index contributed by atoms with van der Waals surface area (Å²) in [7, 11) is 0. The molecule has 2 aliphatic rings. The van der Waals surface area contributed by atoms with Crippen LogP contribution in [0.2, 0.25) is 5.02 Å². The van der Waals surface area contributed by atoms with Crippen LogP contribution in [0.4, 0.5) is 11.4 Å². The number of nitro benzene ring substituents is 1. The van der Waals surface area contributed by atoms with Crippen molar-refractivity contribution in [1.29, 1.82) is 0 Å². The molecule has 2 amide bonds. The summed E-state index contributed by atoms with van der Waals surface area (Å²) in [5.74, 6) is 0.0420. The molecule has 0 unspecified atom stereocenters. The van der Waals surface area contributed by atoms with Crippen LogP contribution in [0.25, 0.3) is 0 Å². The first-order valence-corrected chi connectivity index (χ1v) is 11.6. The SMILES string of the molecule is O=C(Nc1ccc(Cl)cc1)[C@H](C1CCCC1)N1CCN(C(=O)c2cccc([N+](=O)[O-])c2)CC1. The molecule has 0 radical (unpaired) electrons. The van der Waals surface area contributed by atoms with Gasteiger partial charge >= 0.3 is 0 Å². The van der Waals surface area contributed by atoms with Crippen LogP contribution in [0.1, 0.15) is 36.0 Å². The van der Waals surface area contributed by atoms with Crippen molar-refractivity contribution >= 4 is 34.8 Å². The number of nitrogens with one attached hydrogen (secondary N) is 1. The molecule has 0 bridgehead atoms. The van der Waals surface area contributed by atoms with Crippen molar-refractivity contribution in [1.82, 2.24) is 9.80 Å². The van der Waals surface area contributed by atoms with Gasteiger partial charge in [0.05, 0.1) is 11.0 Å². The van der Waals surface area contributed by atoms with Crippen molar-refractivity contribution in [3.63, 3.8) is 0 Å². The fourth-order valence-corrected chi connectivity index (χ4v) is 4.96. The third kappa shape index (κ3) is 5.51. The maximum absolute atomic E-state index is 13.3. The van der Waals surface area contributed by atoms with Gasteiger partial charge in [-0.25, -0.2) is 0 Å². The molecule has 1 saturated heterocycles. The minimum absolute atomic E-state index is 0.0253. The molecular weight excluding hydrogens is 444 g/mol. The normalized spacial score (nSPS) is 18.2. The van der Waals surface area contributed by atoms with Crippen molar-refractivity contribution in [3.8, 4) is 0 Å². The lowest BCUT2D eigenvalue weighted by Crippen LogP contribution is -2.56. The van der Waals surface area contributed by atoms with E-state index < -0.39 is 4.92 Å². The Morgan fingerprint density at radius 1 is 1.03 bits per heavy atom. The average Bonchev–Trinajstić information content (AvgIpc) is 3.35. The minimum Gasteiger partial charge on any atom is -0.336 e. The highest BCUT2D eigenvalue weighted by Crippen LogP contribution is 2.32. The summed E-state index contributed by atoms with van der Waals surface area (Å²) in [5.41, 5.74) is 0.928. The average molecular weight is 471 g/mol. The number of anilines is 1. The van der Waals surface area contributed by atoms with Gasteiger partial charge in [0.25, 0.3) is 11.6 Å². The lowest BCUT2D eigenvalue weighted by atomic mass is 9.94. The summed E-state index contributed by atoms with van der Waals surface area (Å²) in [5, 5.41) is 14.7. The largest absolute Gasteiger partial charge is 0.336 e. The third-order valence-corrected chi connectivity index (χ3v) is 6.78. The van der Waals surface area contributed by atoms with Crippen molar-refractivity contribution in [2.24, 2.45) is 5.92 Å². The standard InChI is InChI=1S/C24H27ClN4O4/c25-19-8-10-20(11-9-19)26-23(30)22(17-4-1-2-5-17)27-12-14-28(15-13-27)24(31)18-6-3-7-21(16-18)29(32)33/h3,6-11,16-17,22H,1-2,4-5,12-15H2,(H,26,30)/t22-/m0/s1. The molecule has 174 valence electrons. The smallest absolute Gasteiger partial charge is 0.270 e. The molecule has 8 nitrogen and oxygen atoms in total. The van der Waals surface area contributed by atoms with Gasteiger partial charge in [-0.2, -0.15) is 0 Å². The Balaban J connectivity index is 1.43. The first-order valence-electron chi connectivity index (χ1n) is 11.3. The Hall–Kier alpha value is -2.97. The van der Waals surface area contributed by atoms with Gasteiger partial charge in [-0.05, 0) is 49.1 Å². The highest BCUT2D eigenvalue weighted by molar-refractivity contribution is 6.30. The number of carbonyl (C=O) groups is 2. The van der Waals surface area contributed by atoms with Crippen molar-refractivity contribution in [2.45, 2.75) is 31.7 Å². The van der Waals surface area contributed by atoms with Gasteiger partial charge < -0.3 is 10.2 Å². The Morgan fingerprint density at radius 3 is 2.33 bits per heavy atom. The van der Waals surface area contributed by atoms with E-state index in [-0.39, 0.29) is 29.5 Å². The van der Waals surface area contributed by atoms with Gasteiger partial charge in [0, 0.05) is 54.6 Å². The molecule has 0 spiro atoms. The second-order valence-electron chi connectivity index (χ2n) is 8.62. The first kappa shape index (κ1) is 23.2. The molecule has 2 fully saturated rings. The van der Waals surface area contributed by atoms with Crippen molar-refractivity contribution in [3.05, 3.63) is 69.2 Å². The van der Waals surface area contributed by atoms with E-state index in [1.807, 2.05) is 0 Å². The molecular formula is C24H27ClN4O4. The second-order valence-corrected chi connectivity index (χ2v) is 9.06. The van der Waals surface area contributed by atoms with E-state index in [0.29, 0.717) is 42.5 Å². The van der Waals surface area contributed by atoms with E-state index in [9.17, 15) is 19.7 Å². The van der Waals surface area contributed by atoms with E-state index in [0.717, 1.165) is 25.7 Å². The number of nitro groups is 1. The zero-order chi connectivity index (χ0) is 23.4. The van der Waals surface area contributed by atoms with E-state index in [1.54, 1.807) is 35.2 Å². The van der Waals surface area contributed by atoms with Gasteiger partial charge in [-0.3, -0.25) is 24.6 Å². The first-order chi connectivity index (χ1) is 15.9. The van der Waals surface area contributed by atoms with E-state index in [1.165, 1.54) is 18.2 Å². The summed E-state index contributed by atoms with van der Waals surface area (Å²) < 4.78 is 0. The number of hydrogen-bond acceptors (Lipinski definition) is 5. The summed E-state index contributed by atoms with van der Waals surface area (Å²) in [6.45, 7) is 2.10. The quantitative estimate of drug-likeness (QED) is 0.504. The van der Waals surface area contributed by atoms with Crippen molar-refractivity contribution in [2.75, 3.05) is 31.5 Å². The van der Waals surface area contributed by atoms with Crippen molar-refractivity contribution < 1.29 is 14.5 Å². The topological polar surface area (TPSA) is 95.8 Å². The number of non-ortho nitro benzene ring substituents is 1. The molecule has 4 rings (SSSR count). The lowest BCUT2D eigenvalue weighted by Gasteiger charge is -2.40. The summed E-state index contributed by atoms with van der Waals surface area (Å²) in [4.78, 5) is 40.6. The van der Waals surface area contributed by atoms with Gasteiger partial charge in [0.15, 0.2) is 0 Å². The molecule has 1 aliphatic carbocycles. The molecule has 2 aromatic carbocycles. The molecule has 1 heterocycles. The number of hydrogen-bond donors (Lipinski definition) is 1. The summed E-state index contributed by atoms with van der Waals surface area (Å²) >= 11 is 5.96. The van der Waals surface area contributed by atoms with Crippen LogP contribution in [0, 0.1) is 16.0 Å². The summed E-state index contributed by atoms with van der Waals surface area (Å²) in [6.07, 6.45) is 4.29. The zero-order valence-corrected chi connectivity index (χ0v) is 19.0. The van der Waals surface area contributed by atoms with Crippen LogP contribution < -0.4 is 5.32 Å². The van der Waals surface area contributed by atoms with E-state index in [4.69, 9.17) is 11.6 Å². The highest BCUT2D eigenvalue weighted by Gasteiger charge is 2.37. The van der Waals surface area contributed by atoms with Crippen LogP contribution in [-0.4, -0.2) is 58.8 Å². The number of nitrogens with zero attached hydrogens (tertiary/aromatic N) is 3. The molecule has 1 aliphatic heterocycles. The number of carbonyl (C=O) groups excluding carboxylic acids is 2. The monoisotopic (exact) mass is 470 g/mol. The van der Waals surface area contributed by atoms with Crippen LogP contribution in [0.5, 0.6) is 0 Å². The maximum atomic E-state index is 13.3. The Morgan fingerprint density at radius 2 is 1.70 bits per heavy atom. The molecule has 33 heavy (non-hydrogen) atoms. The minimum atomic E-state index is -0.500. The van der Waals surface area contributed by atoms with Gasteiger partial charge in [0.2, 0.25) is 5.91 Å². The number of piperazine rings is 1. The van der Waals surface area contributed by atoms with Gasteiger partial charge in [0.1, 0.15) is 0 Å². The molecule has 0 aromatic heterocycles.